The van der Waals surface area contributed by atoms with Crippen LogP contribution in [0.1, 0.15) is 13.8 Å². The van der Waals surface area contributed by atoms with E-state index in [4.69, 9.17) is 0 Å². The second kappa shape index (κ2) is 9.62. The largest absolute Gasteiger partial charge is 0.326 e. The monoisotopic (exact) mass is 442 g/mol. The zero-order valence-electron chi connectivity index (χ0n) is 17.7. The zero-order chi connectivity index (χ0) is 22.5. The Kier molecular flexibility index (Phi) is 6.47. The third kappa shape index (κ3) is 4.95. The molecule has 2 N–H and O–H groups in total. The Balaban J connectivity index is 1.52. The summed E-state index contributed by atoms with van der Waals surface area (Å²) in [5.41, 5.74) is 3.16. The number of carbonyl (C=O) groups is 2. The van der Waals surface area contributed by atoms with Crippen molar-refractivity contribution in [1.29, 1.82) is 0 Å². The summed E-state index contributed by atoms with van der Waals surface area (Å²) in [7, 11) is 0. The molecule has 160 valence electrons. The first-order chi connectivity index (χ1) is 15.5. The third-order valence-electron chi connectivity index (χ3n) is 4.83. The number of rotatable bonds is 6. The summed E-state index contributed by atoms with van der Waals surface area (Å²) in [5, 5.41) is 16.8. The van der Waals surface area contributed by atoms with Gasteiger partial charge in [-0.15, -0.1) is 10.2 Å². The van der Waals surface area contributed by atoms with Crippen LogP contribution in [-0.4, -0.2) is 27.3 Å². The van der Waals surface area contributed by atoms with Crippen LogP contribution in [0.3, 0.4) is 0 Å². The smallest absolute Gasteiger partial charge is 0.237 e. The second-order valence-electron chi connectivity index (χ2n) is 7.27. The van der Waals surface area contributed by atoms with Gasteiger partial charge in [-0.25, -0.2) is 0 Å². The van der Waals surface area contributed by atoms with Crippen LogP contribution in [0.2, 0.25) is 0 Å². The summed E-state index contributed by atoms with van der Waals surface area (Å²) in [4.78, 5) is 23.9. The van der Waals surface area contributed by atoms with Gasteiger partial charge < -0.3 is 10.6 Å². The third-order valence-corrected chi connectivity index (χ3v) is 5.92. The van der Waals surface area contributed by atoms with E-state index in [1.54, 1.807) is 24.3 Å². The highest BCUT2D eigenvalue weighted by molar-refractivity contribution is 8.00. The molecule has 3 aromatic carbocycles. The van der Waals surface area contributed by atoms with Crippen molar-refractivity contribution < 1.29 is 9.59 Å². The Morgan fingerprint density at radius 3 is 2.03 bits per heavy atom. The number of nitrogens with zero attached hydrogens (tertiary/aromatic N) is 2. The van der Waals surface area contributed by atoms with E-state index >= 15 is 0 Å². The van der Waals surface area contributed by atoms with Crippen molar-refractivity contribution >= 4 is 45.7 Å². The van der Waals surface area contributed by atoms with E-state index in [9.17, 15) is 9.59 Å². The lowest BCUT2D eigenvalue weighted by molar-refractivity contribution is -0.115. The van der Waals surface area contributed by atoms with Crippen LogP contribution >= 0.6 is 11.8 Å². The van der Waals surface area contributed by atoms with Gasteiger partial charge in [-0.05, 0) is 31.2 Å². The molecule has 0 unspecified atom stereocenters. The highest BCUT2D eigenvalue weighted by Crippen LogP contribution is 2.33. The molecule has 4 aromatic rings. The minimum Gasteiger partial charge on any atom is -0.326 e. The Bertz CT molecular complexity index is 1260. The molecule has 0 fully saturated rings. The number of nitrogens with one attached hydrogen (secondary N) is 2. The van der Waals surface area contributed by atoms with Gasteiger partial charge in [-0.3, -0.25) is 9.59 Å². The lowest BCUT2D eigenvalue weighted by atomic mass is 10.1. The Labute approximate surface area is 190 Å². The summed E-state index contributed by atoms with van der Waals surface area (Å²) >= 11 is 1.37. The molecule has 6 nitrogen and oxygen atoms in total. The molecule has 1 heterocycles. The average molecular weight is 443 g/mol. The number of fused-ring (bicyclic) bond motifs is 1. The highest BCUT2D eigenvalue weighted by atomic mass is 32.2. The van der Waals surface area contributed by atoms with Crippen molar-refractivity contribution in [2.45, 2.75) is 24.1 Å². The quantitative estimate of drug-likeness (QED) is 0.392. The van der Waals surface area contributed by atoms with Crippen molar-refractivity contribution in [2.24, 2.45) is 0 Å². The van der Waals surface area contributed by atoms with Gasteiger partial charge in [0.05, 0.1) is 5.25 Å². The van der Waals surface area contributed by atoms with Gasteiger partial charge in [-0.1, -0.05) is 66.4 Å². The first-order valence-electron chi connectivity index (χ1n) is 10.2. The fraction of sp³-hybridized carbons (Fsp3) is 0.120. The number of carbonyl (C=O) groups excluding carboxylic acids is 2. The van der Waals surface area contributed by atoms with Gasteiger partial charge in [0.15, 0.2) is 0 Å². The van der Waals surface area contributed by atoms with Gasteiger partial charge in [-0.2, -0.15) is 0 Å². The number of hydrogen-bond donors (Lipinski definition) is 2. The van der Waals surface area contributed by atoms with Gasteiger partial charge >= 0.3 is 0 Å². The van der Waals surface area contributed by atoms with Gasteiger partial charge in [0.2, 0.25) is 11.8 Å². The molecular weight excluding hydrogens is 420 g/mol. The summed E-state index contributed by atoms with van der Waals surface area (Å²) in [6, 6.07) is 24.9. The molecular formula is C25H22N4O2S. The number of anilines is 2. The van der Waals surface area contributed by atoms with Gasteiger partial charge in [0.1, 0.15) is 10.7 Å². The van der Waals surface area contributed by atoms with Crippen molar-refractivity contribution in [3.05, 3.63) is 78.9 Å². The molecule has 0 radical (unpaired) electrons. The first kappa shape index (κ1) is 21.5. The van der Waals surface area contributed by atoms with Crippen LogP contribution in [-0.2, 0) is 9.59 Å². The molecule has 0 aliphatic carbocycles. The number of benzene rings is 3. The topological polar surface area (TPSA) is 84.0 Å². The minimum absolute atomic E-state index is 0.139. The zero-order valence-corrected chi connectivity index (χ0v) is 18.5. The fourth-order valence-electron chi connectivity index (χ4n) is 3.28. The molecule has 32 heavy (non-hydrogen) atoms. The Hall–Kier alpha value is -3.71. The summed E-state index contributed by atoms with van der Waals surface area (Å²) in [6.07, 6.45) is 0. The summed E-state index contributed by atoms with van der Waals surface area (Å²) < 4.78 is 0. The molecule has 4 rings (SSSR count). The average Bonchev–Trinajstić information content (AvgIpc) is 2.80. The maximum absolute atomic E-state index is 12.8. The molecule has 0 saturated heterocycles. The molecule has 0 bridgehead atoms. The lowest BCUT2D eigenvalue weighted by Crippen LogP contribution is -2.22. The minimum atomic E-state index is -0.384. The van der Waals surface area contributed by atoms with E-state index in [0.717, 1.165) is 22.0 Å². The lowest BCUT2D eigenvalue weighted by Gasteiger charge is -2.14. The second-order valence-corrected chi connectivity index (χ2v) is 8.60. The van der Waals surface area contributed by atoms with Crippen molar-refractivity contribution in [3.63, 3.8) is 0 Å². The van der Waals surface area contributed by atoms with E-state index in [0.29, 0.717) is 16.4 Å². The van der Waals surface area contributed by atoms with Gasteiger partial charge in [0.25, 0.3) is 0 Å². The standard InChI is InChI=1S/C25H22N4O2S/c1-16(24(31)27-20-14-12-19(13-15-20)26-17(2)30)32-25-22-11-7-6-10-21(22)23(28-29-25)18-8-4-3-5-9-18/h3-16H,1-2H3,(H,26,30)(H,27,31)/t16-/m1/s1. The molecule has 0 saturated carbocycles. The van der Waals surface area contributed by atoms with Crippen LogP contribution in [0, 0.1) is 0 Å². The van der Waals surface area contributed by atoms with E-state index in [-0.39, 0.29) is 17.1 Å². The molecule has 0 spiro atoms. The molecule has 2 amide bonds. The number of aromatic nitrogens is 2. The molecule has 1 atom stereocenters. The first-order valence-corrected chi connectivity index (χ1v) is 11.1. The number of amides is 2. The maximum Gasteiger partial charge on any atom is 0.237 e. The van der Waals surface area contributed by atoms with E-state index in [1.807, 2.05) is 61.5 Å². The fourth-order valence-corrected chi connectivity index (χ4v) is 4.17. The number of thioether (sulfide) groups is 1. The highest BCUT2D eigenvalue weighted by Gasteiger charge is 2.19. The van der Waals surface area contributed by atoms with E-state index in [1.165, 1.54) is 18.7 Å². The molecule has 0 aliphatic rings. The Morgan fingerprint density at radius 1 is 0.781 bits per heavy atom. The Morgan fingerprint density at radius 2 is 1.38 bits per heavy atom. The summed E-state index contributed by atoms with van der Waals surface area (Å²) in [6.45, 7) is 3.29. The molecule has 0 aliphatic heterocycles. The SMILES string of the molecule is CC(=O)Nc1ccc(NC(=O)[C@@H](C)Sc2nnc(-c3ccccc3)c3ccccc23)cc1. The predicted molar refractivity (Wildman–Crippen MR) is 130 cm³/mol. The van der Waals surface area contributed by atoms with E-state index < -0.39 is 0 Å². The van der Waals surface area contributed by atoms with Crippen molar-refractivity contribution in [1.82, 2.24) is 10.2 Å². The van der Waals surface area contributed by atoms with Crippen molar-refractivity contribution in [3.8, 4) is 11.3 Å². The van der Waals surface area contributed by atoms with Crippen LogP contribution in [0.25, 0.3) is 22.0 Å². The van der Waals surface area contributed by atoms with Crippen LogP contribution < -0.4 is 10.6 Å². The normalized spacial score (nSPS) is 11.7. The summed E-state index contributed by atoms with van der Waals surface area (Å²) in [5.74, 6) is -0.279. The van der Waals surface area contributed by atoms with Gasteiger partial charge in [0, 0.05) is 34.6 Å². The van der Waals surface area contributed by atoms with Crippen LogP contribution in [0.15, 0.2) is 83.9 Å². The van der Waals surface area contributed by atoms with E-state index in [2.05, 4.69) is 20.8 Å². The predicted octanol–water partition coefficient (Wildman–Crippen LogP) is 5.37. The maximum atomic E-state index is 12.8. The van der Waals surface area contributed by atoms with Crippen molar-refractivity contribution in [2.75, 3.05) is 10.6 Å². The molecule has 7 heteroatoms. The number of hydrogen-bond acceptors (Lipinski definition) is 5. The molecule has 1 aromatic heterocycles. The van der Waals surface area contributed by atoms with Crippen LogP contribution in [0.4, 0.5) is 11.4 Å². The van der Waals surface area contributed by atoms with Crippen LogP contribution in [0.5, 0.6) is 0 Å².